The Morgan fingerprint density at radius 1 is 0.341 bits per heavy atom. The molecule has 0 saturated heterocycles. The molecular weight excluding hydrogens is 1140 g/mol. The highest BCUT2D eigenvalue weighted by molar-refractivity contribution is 7.45. The van der Waals surface area contributed by atoms with Crippen molar-refractivity contribution in [1.82, 2.24) is 5.32 Å². The summed E-state index contributed by atoms with van der Waals surface area (Å²) >= 11 is 0. The molecule has 0 aromatic heterocycles. The number of aliphatic hydroxyl groups excluding tert-OH is 1. The summed E-state index contributed by atoms with van der Waals surface area (Å²) in [6.45, 7) is 4.81. The predicted octanol–water partition coefficient (Wildman–Crippen LogP) is 26.8. The second-order valence-electron chi connectivity index (χ2n) is 30.6. The zero-order valence-electron chi connectivity index (χ0n) is 62.9. The molecule has 0 aliphatic carbocycles. The second-order valence-corrected chi connectivity index (χ2v) is 32.0. The van der Waals surface area contributed by atoms with Gasteiger partial charge >= 0.3 is 0 Å². The number of carbonyl (C=O) groups is 1. The largest absolute Gasteiger partial charge is 0.756 e. The monoisotopic (exact) mass is 1310 g/mol. The molecule has 546 valence electrons. The second kappa shape index (κ2) is 73.7. The lowest BCUT2D eigenvalue weighted by atomic mass is 10.0. The fourth-order valence-electron chi connectivity index (χ4n) is 13.6. The first-order valence-electron chi connectivity index (χ1n) is 41.9. The van der Waals surface area contributed by atoms with Crippen molar-refractivity contribution in [2.75, 3.05) is 40.9 Å². The lowest BCUT2D eigenvalue weighted by Crippen LogP contribution is -2.46. The molecule has 0 aliphatic rings. The van der Waals surface area contributed by atoms with Gasteiger partial charge < -0.3 is 28.8 Å². The van der Waals surface area contributed by atoms with Gasteiger partial charge in [0.1, 0.15) is 13.2 Å². The van der Waals surface area contributed by atoms with Gasteiger partial charge in [0.25, 0.3) is 7.82 Å². The highest BCUT2D eigenvalue weighted by Crippen LogP contribution is 2.38. The van der Waals surface area contributed by atoms with E-state index < -0.39 is 20.0 Å². The van der Waals surface area contributed by atoms with Crippen molar-refractivity contribution in [3.63, 3.8) is 0 Å². The maximum Gasteiger partial charge on any atom is 0.268 e. The number of carbonyl (C=O) groups excluding carboxylic acids is 1. The molecule has 0 aromatic carbocycles. The summed E-state index contributed by atoms with van der Waals surface area (Å²) in [4.78, 5) is 25.8. The van der Waals surface area contributed by atoms with Gasteiger partial charge in [-0.2, -0.15) is 0 Å². The van der Waals surface area contributed by atoms with E-state index in [2.05, 4.69) is 19.2 Å². The van der Waals surface area contributed by atoms with Crippen LogP contribution in [0.2, 0.25) is 0 Å². The number of nitrogens with zero attached hydrogens (tertiary/aromatic N) is 1. The van der Waals surface area contributed by atoms with E-state index in [1.54, 1.807) is 0 Å². The van der Waals surface area contributed by atoms with Crippen molar-refractivity contribution in [3.8, 4) is 0 Å². The zero-order valence-corrected chi connectivity index (χ0v) is 63.8. The van der Waals surface area contributed by atoms with Gasteiger partial charge in [-0.15, -0.1) is 0 Å². The molecule has 8 nitrogen and oxygen atoms in total. The Labute approximate surface area is 571 Å². The molecule has 3 atom stereocenters. The first kappa shape index (κ1) is 90.5. The van der Waals surface area contributed by atoms with Gasteiger partial charge in [0, 0.05) is 6.42 Å². The van der Waals surface area contributed by atoms with Crippen LogP contribution in [0.1, 0.15) is 470 Å². The van der Waals surface area contributed by atoms with E-state index in [4.69, 9.17) is 9.05 Å². The van der Waals surface area contributed by atoms with Crippen LogP contribution in [0, 0.1) is 0 Å². The van der Waals surface area contributed by atoms with Crippen molar-refractivity contribution in [1.29, 1.82) is 0 Å². The molecule has 91 heavy (non-hydrogen) atoms. The summed E-state index contributed by atoms with van der Waals surface area (Å²) in [5, 5.41) is 14.2. The summed E-state index contributed by atoms with van der Waals surface area (Å²) in [6.07, 6.45) is 95.4. The van der Waals surface area contributed by atoms with Crippen LogP contribution in [0.25, 0.3) is 0 Å². The topological polar surface area (TPSA) is 108 Å². The number of quaternary nitrogens is 1. The number of aliphatic hydroxyl groups is 1. The fraction of sp³-hybridized carbons (Fsp3) is 0.988. The van der Waals surface area contributed by atoms with Gasteiger partial charge in [-0.1, -0.05) is 450 Å². The number of unbranched alkanes of at least 4 members (excludes halogenated alkanes) is 67. The third kappa shape index (κ3) is 76.7. The summed E-state index contributed by atoms with van der Waals surface area (Å²) in [5.74, 6) is -0.151. The number of likely N-dealkylation sites (N-methyl/N-ethyl adjacent to an activating group) is 1. The molecule has 3 unspecified atom stereocenters. The average molecular weight is 1310 g/mol. The molecular formula is C82H167N2O6P. The van der Waals surface area contributed by atoms with E-state index in [-0.39, 0.29) is 19.1 Å². The Balaban J connectivity index is 3.85. The molecule has 0 rings (SSSR count). The number of hydrogen-bond acceptors (Lipinski definition) is 6. The van der Waals surface area contributed by atoms with Crippen molar-refractivity contribution in [2.45, 2.75) is 482 Å². The van der Waals surface area contributed by atoms with Crippen LogP contribution in [0.4, 0.5) is 0 Å². The number of amides is 1. The number of rotatable bonds is 80. The van der Waals surface area contributed by atoms with Crippen LogP contribution in [-0.2, 0) is 18.4 Å². The van der Waals surface area contributed by atoms with Crippen LogP contribution in [0.15, 0.2) is 0 Å². The van der Waals surface area contributed by atoms with Crippen molar-refractivity contribution in [2.24, 2.45) is 0 Å². The third-order valence-corrected chi connectivity index (χ3v) is 21.1. The van der Waals surface area contributed by atoms with Crippen molar-refractivity contribution < 1.29 is 32.9 Å². The van der Waals surface area contributed by atoms with Crippen LogP contribution in [-0.4, -0.2) is 68.5 Å². The molecule has 1 amide bonds. The van der Waals surface area contributed by atoms with Gasteiger partial charge in [-0.05, 0) is 12.8 Å². The molecule has 0 spiro atoms. The van der Waals surface area contributed by atoms with E-state index in [9.17, 15) is 19.4 Å². The Morgan fingerprint density at radius 2 is 0.538 bits per heavy atom. The minimum absolute atomic E-state index is 0.0172. The SMILES string of the molecule is CCCCCCCCCCCCCCCCCCCCCCCCCCCCCCCCCCCCCCCCCC(=O)NC(COP(=O)([O-])OCC[N+](C)(C)C)C(O)CCCCCCCCCCCCCCCCCCCCCCCCCCCCCCCC. The van der Waals surface area contributed by atoms with Gasteiger partial charge in [-0.3, -0.25) is 9.36 Å². The molecule has 0 aliphatic heterocycles. The summed E-state index contributed by atoms with van der Waals surface area (Å²) < 4.78 is 23.6. The van der Waals surface area contributed by atoms with Gasteiger partial charge in [0.15, 0.2) is 0 Å². The van der Waals surface area contributed by atoms with E-state index in [1.165, 1.54) is 405 Å². The van der Waals surface area contributed by atoms with Crippen molar-refractivity contribution >= 4 is 13.7 Å². The van der Waals surface area contributed by atoms with Crippen LogP contribution >= 0.6 is 7.82 Å². The Morgan fingerprint density at radius 3 is 0.747 bits per heavy atom. The minimum atomic E-state index is -4.58. The molecule has 0 aromatic rings. The maximum atomic E-state index is 13.1. The van der Waals surface area contributed by atoms with Gasteiger partial charge in [0.2, 0.25) is 5.91 Å². The molecule has 0 heterocycles. The van der Waals surface area contributed by atoms with E-state index in [1.807, 2.05) is 21.1 Å². The molecule has 0 saturated carbocycles. The zero-order chi connectivity index (χ0) is 66.2. The summed E-state index contributed by atoms with van der Waals surface area (Å²) in [7, 11) is 1.34. The fourth-order valence-corrected chi connectivity index (χ4v) is 14.4. The lowest BCUT2D eigenvalue weighted by molar-refractivity contribution is -0.870. The Bertz CT molecular complexity index is 1440. The Kier molecular flexibility index (Phi) is 73.3. The standard InChI is InChI=1S/C82H167N2O6P/c1-6-8-10-12-14-16-18-20-22-24-26-28-30-32-34-36-38-39-40-41-42-43-44-45-46-48-50-52-54-56-58-60-62-64-66-68-70-72-74-76-82(86)83-80(79-90-91(87,88)89-78-77-84(3,4)5)81(85)75-73-71-69-67-65-63-61-59-57-55-53-51-49-47-37-35-33-31-29-27-25-23-21-19-17-15-13-11-9-7-2/h80-81,85H,6-79H2,1-5H3,(H-,83,86,87,88). The maximum absolute atomic E-state index is 13.1. The molecule has 9 heteroatoms. The normalized spacial score (nSPS) is 13.4. The lowest BCUT2D eigenvalue weighted by Gasteiger charge is -2.30. The first-order chi connectivity index (χ1) is 44.5. The van der Waals surface area contributed by atoms with Crippen LogP contribution in [0.5, 0.6) is 0 Å². The molecule has 0 radical (unpaired) electrons. The van der Waals surface area contributed by atoms with E-state index >= 15 is 0 Å². The number of hydrogen-bond donors (Lipinski definition) is 2. The molecule has 0 fully saturated rings. The predicted molar refractivity (Wildman–Crippen MR) is 400 cm³/mol. The highest BCUT2D eigenvalue weighted by atomic mass is 31.2. The number of phosphoric ester groups is 1. The van der Waals surface area contributed by atoms with Crippen molar-refractivity contribution in [3.05, 3.63) is 0 Å². The third-order valence-electron chi connectivity index (χ3n) is 20.1. The molecule has 0 bridgehead atoms. The Hall–Kier alpha value is -0.500. The smallest absolute Gasteiger partial charge is 0.268 e. The summed E-state index contributed by atoms with van der Waals surface area (Å²) in [6, 6.07) is -0.798. The van der Waals surface area contributed by atoms with Crippen LogP contribution in [0.3, 0.4) is 0 Å². The van der Waals surface area contributed by atoms with Gasteiger partial charge in [0.05, 0.1) is 39.9 Å². The number of nitrogens with one attached hydrogen (secondary N) is 1. The van der Waals surface area contributed by atoms with E-state index in [0.29, 0.717) is 23.9 Å². The van der Waals surface area contributed by atoms with E-state index in [0.717, 1.165) is 38.5 Å². The quantitative estimate of drug-likeness (QED) is 0.0357. The summed E-state index contributed by atoms with van der Waals surface area (Å²) in [5.41, 5.74) is 0. The van der Waals surface area contributed by atoms with Gasteiger partial charge in [-0.25, -0.2) is 0 Å². The number of phosphoric acid groups is 1. The average Bonchev–Trinajstić information content (AvgIpc) is 3.58. The minimum Gasteiger partial charge on any atom is -0.756 e. The highest BCUT2D eigenvalue weighted by Gasteiger charge is 2.24. The first-order valence-corrected chi connectivity index (χ1v) is 43.3. The van der Waals surface area contributed by atoms with Crippen LogP contribution < -0.4 is 10.2 Å². The molecule has 2 N–H and O–H groups in total.